The molecule has 1 fully saturated rings. The largest absolute Gasteiger partial charge is 0.456 e. The third-order valence-corrected chi connectivity index (χ3v) is 6.92. The molecule has 1 aliphatic heterocycles. The number of likely N-dealkylation sites (tertiary alicyclic amines) is 1. The minimum Gasteiger partial charge on any atom is -0.456 e. The molecular weight excluding hydrogens is 496 g/mol. The highest BCUT2D eigenvalue weighted by Crippen LogP contribution is 2.33. The summed E-state index contributed by atoms with van der Waals surface area (Å²) in [5, 5.41) is 21.5. The Labute approximate surface area is 203 Å². The van der Waals surface area contributed by atoms with E-state index in [2.05, 4.69) is 26.2 Å². The number of amides is 1. The number of furan rings is 1. The second kappa shape index (κ2) is 7.78. The van der Waals surface area contributed by atoms with E-state index in [1.165, 1.54) is 0 Å². The summed E-state index contributed by atoms with van der Waals surface area (Å²) in [6.07, 6.45) is 1.99. The molecule has 3 heterocycles. The molecular formula is C26H21BrN4O3. The number of aliphatic hydroxyl groups is 1. The van der Waals surface area contributed by atoms with Gasteiger partial charge in [0.05, 0.1) is 31.4 Å². The predicted octanol–water partition coefficient (Wildman–Crippen LogP) is 4.51. The van der Waals surface area contributed by atoms with Gasteiger partial charge in [0.1, 0.15) is 22.5 Å². The van der Waals surface area contributed by atoms with Gasteiger partial charge < -0.3 is 14.4 Å². The summed E-state index contributed by atoms with van der Waals surface area (Å²) in [7, 11) is 0. The number of fused-ring (bicyclic) bond motifs is 3. The SMILES string of the molecule is Cc1cc(Br)ccc1-n1cc(C2(O)CN(C(=O)Cc3ccc4oc5ccccc5c4c3)C2)nn1. The van der Waals surface area contributed by atoms with E-state index in [0.717, 1.165) is 43.2 Å². The molecule has 0 unspecified atom stereocenters. The van der Waals surface area contributed by atoms with Gasteiger partial charge in [-0.1, -0.05) is 45.4 Å². The zero-order valence-electron chi connectivity index (χ0n) is 18.4. The maximum atomic E-state index is 12.9. The number of hydrogen-bond acceptors (Lipinski definition) is 5. The average Bonchev–Trinajstić information content (AvgIpc) is 3.42. The average molecular weight is 517 g/mol. The molecule has 8 heteroatoms. The first-order chi connectivity index (χ1) is 16.4. The zero-order valence-corrected chi connectivity index (χ0v) is 20.0. The molecule has 7 nitrogen and oxygen atoms in total. The van der Waals surface area contributed by atoms with Crippen LogP contribution in [-0.2, 0) is 16.8 Å². The highest BCUT2D eigenvalue weighted by atomic mass is 79.9. The van der Waals surface area contributed by atoms with Gasteiger partial charge in [-0.2, -0.15) is 0 Å². The maximum Gasteiger partial charge on any atom is 0.227 e. The molecule has 0 aliphatic carbocycles. The van der Waals surface area contributed by atoms with Crippen LogP contribution in [0.5, 0.6) is 0 Å². The fourth-order valence-corrected chi connectivity index (χ4v) is 5.04. The van der Waals surface area contributed by atoms with Crippen molar-refractivity contribution in [2.24, 2.45) is 0 Å². The molecule has 1 aliphatic rings. The van der Waals surface area contributed by atoms with E-state index in [0.29, 0.717) is 5.69 Å². The third kappa shape index (κ3) is 3.50. The Morgan fingerprint density at radius 1 is 1.09 bits per heavy atom. The quantitative estimate of drug-likeness (QED) is 0.379. The first kappa shape index (κ1) is 21.1. The molecule has 5 aromatic rings. The van der Waals surface area contributed by atoms with Gasteiger partial charge in [0.15, 0.2) is 0 Å². The van der Waals surface area contributed by atoms with Crippen molar-refractivity contribution in [1.82, 2.24) is 19.9 Å². The van der Waals surface area contributed by atoms with Crippen molar-refractivity contribution in [3.63, 3.8) is 0 Å². The monoisotopic (exact) mass is 516 g/mol. The Bertz CT molecular complexity index is 1570. The number of para-hydroxylation sites is 1. The van der Waals surface area contributed by atoms with E-state index in [1.54, 1.807) is 15.8 Å². The number of halogens is 1. The summed E-state index contributed by atoms with van der Waals surface area (Å²) in [6.45, 7) is 2.38. The number of rotatable bonds is 4. The normalized spacial score (nSPS) is 15.1. The first-order valence-corrected chi connectivity index (χ1v) is 11.8. The lowest BCUT2D eigenvalue weighted by atomic mass is 9.90. The lowest BCUT2D eigenvalue weighted by Crippen LogP contribution is -2.61. The van der Waals surface area contributed by atoms with Gasteiger partial charge in [-0.05, 0) is 54.4 Å². The summed E-state index contributed by atoms with van der Waals surface area (Å²) >= 11 is 3.46. The molecule has 34 heavy (non-hydrogen) atoms. The number of hydrogen-bond donors (Lipinski definition) is 1. The Kier molecular flexibility index (Phi) is 4.82. The number of carbonyl (C=O) groups excluding carboxylic acids is 1. The van der Waals surface area contributed by atoms with Crippen molar-refractivity contribution < 1.29 is 14.3 Å². The second-order valence-electron chi connectivity index (χ2n) is 8.87. The number of carbonyl (C=O) groups is 1. The van der Waals surface area contributed by atoms with E-state index in [4.69, 9.17) is 4.42 Å². The highest BCUT2D eigenvalue weighted by molar-refractivity contribution is 9.10. The number of β-amino-alcohol motifs (C(OH)–C–C–N with tert-alkyl or cyclic N) is 1. The Morgan fingerprint density at radius 2 is 1.88 bits per heavy atom. The van der Waals surface area contributed by atoms with Crippen molar-refractivity contribution in [2.45, 2.75) is 18.9 Å². The van der Waals surface area contributed by atoms with Gasteiger partial charge in [-0.15, -0.1) is 5.10 Å². The van der Waals surface area contributed by atoms with Crippen LogP contribution >= 0.6 is 15.9 Å². The summed E-state index contributed by atoms with van der Waals surface area (Å²) in [6, 6.07) is 19.6. The van der Waals surface area contributed by atoms with Crippen LogP contribution in [0, 0.1) is 6.92 Å². The molecule has 0 bridgehead atoms. The molecule has 2 aromatic heterocycles. The van der Waals surface area contributed by atoms with Crippen molar-refractivity contribution in [3.05, 3.63) is 88.2 Å². The smallest absolute Gasteiger partial charge is 0.227 e. The molecule has 1 N–H and O–H groups in total. The first-order valence-electron chi connectivity index (χ1n) is 11.0. The lowest BCUT2D eigenvalue weighted by Gasteiger charge is -2.45. The maximum absolute atomic E-state index is 12.9. The predicted molar refractivity (Wildman–Crippen MR) is 132 cm³/mol. The molecule has 170 valence electrons. The van der Waals surface area contributed by atoms with Crippen LogP contribution < -0.4 is 0 Å². The molecule has 6 rings (SSSR count). The van der Waals surface area contributed by atoms with Crippen molar-refractivity contribution >= 4 is 43.8 Å². The molecule has 0 spiro atoms. The van der Waals surface area contributed by atoms with E-state index in [9.17, 15) is 9.90 Å². The van der Waals surface area contributed by atoms with Crippen LogP contribution in [0.25, 0.3) is 27.6 Å². The number of aromatic nitrogens is 3. The van der Waals surface area contributed by atoms with Crippen LogP contribution in [0.4, 0.5) is 0 Å². The number of aryl methyl sites for hydroxylation is 1. The fourth-order valence-electron chi connectivity index (χ4n) is 4.56. The third-order valence-electron chi connectivity index (χ3n) is 6.43. The summed E-state index contributed by atoms with van der Waals surface area (Å²) in [5.41, 5.74) is 3.74. The summed E-state index contributed by atoms with van der Waals surface area (Å²) in [5.74, 6) is -0.0343. The molecule has 0 saturated carbocycles. The Balaban J connectivity index is 1.16. The van der Waals surface area contributed by atoms with Gasteiger partial charge >= 0.3 is 0 Å². The van der Waals surface area contributed by atoms with Crippen LogP contribution in [0.1, 0.15) is 16.8 Å². The van der Waals surface area contributed by atoms with Gasteiger partial charge in [0, 0.05) is 15.2 Å². The lowest BCUT2D eigenvalue weighted by molar-refractivity contribution is -0.157. The van der Waals surface area contributed by atoms with Gasteiger partial charge in [0.2, 0.25) is 5.91 Å². The van der Waals surface area contributed by atoms with Crippen LogP contribution in [-0.4, -0.2) is 44.0 Å². The van der Waals surface area contributed by atoms with Crippen molar-refractivity contribution in [3.8, 4) is 5.69 Å². The molecule has 0 atom stereocenters. The van der Waals surface area contributed by atoms with Gasteiger partial charge in [-0.25, -0.2) is 4.68 Å². The van der Waals surface area contributed by atoms with Crippen LogP contribution in [0.2, 0.25) is 0 Å². The van der Waals surface area contributed by atoms with Crippen molar-refractivity contribution in [1.29, 1.82) is 0 Å². The minimum absolute atomic E-state index is 0.0343. The topological polar surface area (TPSA) is 84.4 Å². The second-order valence-corrected chi connectivity index (χ2v) is 9.78. The van der Waals surface area contributed by atoms with Crippen LogP contribution in [0.15, 0.2) is 75.8 Å². The Morgan fingerprint density at radius 3 is 2.71 bits per heavy atom. The summed E-state index contributed by atoms with van der Waals surface area (Å²) < 4.78 is 8.51. The highest BCUT2D eigenvalue weighted by Gasteiger charge is 2.47. The number of benzene rings is 3. The van der Waals surface area contributed by atoms with Gasteiger partial charge in [0.25, 0.3) is 0 Å². The standard InChI is InChI=1S/C26H21BrN4O3/c1-16-10-18(27)7-8-21(16)31-13-24(28-29-31)26(33)14-30(15-26)25(32)12-17-6-9-23-20(11-17)19-4-2-3-5-22(19)34-23/h2-11,13,33H,12,14-15H2,1H3. The number of nitrogens with zero attached hydrogens (tertiary/aromatic N) is 4. The van der Waals surface area contributed by atoms with Gasteiger partial charge in [-0.3, -0.25) is 4.79 Å². The minimum atomic E-state index is -1.19. The van der Waals surface area contributed by atoms with Crippen molar-refractivity contribution in [2.75, 3.05) is 13.1 Å². The van der Waals surface area contributed by atoms with E-state index in [-0.39, 0.29) is 25.4 Å². The molecule has 3 aromatic carbocycles. The molecule has 1 amide bonds. The molecule has 1 saturated heterocycles. The van der Waals surface area contributed by atoms with E-state index >= 15 is 0 Å². The fraction of sp³-hybridized carbons (Fsp3) is 0.192. The summed E-state index contributed by atoms with van der Waals surface area (Å²) in [4.78, 5) is 14.6. The zero-order chi connectivity index (χ0) is 23.4. The molecule has 0 radical (unpaired) electrons. The van der Waals surface area contributed by atoms with E-state index < -0.39 is 5.60 Å². The van der Waals surface area contributed by atoms with E-state index in [1.807, 2.05) is 67.6 Å². The van der Waals surface area contributed by atoms with Crippen LogP contribution in [0.3, 0.4) is 0 Å². The Hall–Kier alpha value is -3.49.